The third-order valence-electron chi connectivity index (χ3n) is 5.14. The van der Waals surface area contributed by atoms with Crippen LogP contribution in [0, 0.1) is 6.92 Å². The number of hydrogen-bond donors (Lipinski definition) is 2. The number of nitrogens with one attached hydrogen (secondary N) is 2. The lowest BCUT2D eigenvalue weighted by Crippen LogP contribution is -2.39. The molecule has 1 aromatic rings. The molecule has 138 valence electrons. The van der Waals surface area contributed by atoms with E-state index in [9.17, 15) is 4.79 Å². The lowest BCUT2D eigenvalue weighted by molar-refractivity contribution is -0.119. The maximum atomic E-state index is 11.2. The van der Waals surface area contributed by atoms with Crippen LogP contribution in [0.1, 0.15) is 51.0 Å². The van der Waals surface area contributed by atoms with E-state index in [1.165, 1.54) is 5.56 Å². The van der Waals surface area contributed by atoms with E-state index >= 15 is 0 Å². The average molecular weight is 346 g/mol. The third kappa shape index (κ3) is 5.36. The van der Waals surface area contributed by atoms with Gasteiger partial charge in [0.1, 0.15) is 11.9 Å². The fourth-order valence-electron chi connectivity index (χ4n) is 3.75. The fraction of sp³-hybridized carbons (Fsp3) is 0.650. The van der Waals surface area contributed by atoms with E-state index in [2.05, 4.69) is 35.8 Å². The summed E-state index contributed by atoms with van der Waals surface area (Å²) in [5, 5.41) is 6.67. The number of anilines is 1. The number of hydrogen-bond acceptors (Lipinski definition) is 4. The topological polar surface area (TPSA) is 59.6 Å². The minimum atomic E-state index is 0.0761. The first-order valence-electron chi connectivity index (χ1n) is 9.49. The first-order chi connectivity index (χ1) is 12.1. The molecule has 3 rings (SSSR count). The number of carbonyl (C=O) groups excluding carboxylic acids is 1. The smallest absolute Gasteiger partial charge is 0.217 e. The van der Waals surface area contributed by atoms with Gasteiger partial charge >= 0.3 is 0 Å². The molecule has 1 saturated heterocycles. The second kappa shape index (κ2) is 8.56. The fourth-order valence-corrected chi connectivity index (χ4v) is 3.75. The molecule has 1 saturated carbocycles. The molecule has 5 heteroatoms. The summed E-state index contributed by atoms with van der Waals surface area (Å²) in [6.45, 7) is 5.29. The van der Waals surface area contributed by atoms with Gasteiger partial charge in [-0.3, -0.25) is 4.79 Å². The lowest BCUT2D eigenvalue weighted by atomic mass is 9.91. The van der Waals surface area contributed by atoms with Crippen LogP contribution < -0.4 is 15.4 Å². The average Bonchev–Trinajstić information content (AvgIpc) is 2.60. The van der Waals surface area contributed by atoms with Crippen LogP contribution in [-0.2, 0) is 9.53 Å². The predicted molar refractivity (Wildman–Crippen MR) is 99.1 cm³/mol. The van der Waals surface area contributed by atoms with Gasteiger partial charge < -0.3 is 20.1 Å². The molecule has 0 atom stereocenters. The molecule has 5 nitrogen and oxygen atoms in total. The summed E-state index contributed by atoms with van der Waals surface area (Å²) in [4.78, 5) is 11.2. The van der Waals surface area contributed by atoms with Gasteiger partial charge in [0.2, 0.25) is 5.91 Å². The molecule has 25 heavy (non-hydrogen) atoms. The number of carbonyl (C=O) groups is 1. The van der Waals surface area contributed by atoms with Gasteiger partial charge in [0.25, 0.3) is 0 Å². The zero-order valence-corrected chi connectivity index (χ0v) is 15.3. The first kappa shape index (κ1) is 18.1. The second-order valence-electron chi connectivity index (χ2n) is 7.30. The van der Waals surface area contributed by atoms with E-state index in [-0.39, 0.29) is 12.0 Å². The highest BCUT2D eigenvalue weighted by Gasteiger charge is 2.22. The summed E-state index contributed by atoms with van der Waals surface area (Å²) in [6.07, 6.45) is 6.47. The first-order valence-corrected chi connectivity index (χ1v) is 9.49. The van der Waals surface area contributed by atoms with Gasteiger partial charge in [-0.2, -0.15) is 0 Å². The Balaban J connectivity index is 1.50. The summed E-state index contributed by atoms with van der Waals surface area (Å²) in [5.74, 6) is 1.05. The Morgan fingerprint density at radius 2 is 1.76 bits per heavy atom. The van der Waals surface area contributed by atoms with Crippen molar-refractivity contribution in [3.05, 3.63) is 23.8 Å². The molecule has 0 unspecified atom stereocenters. The molecule has 2 fully saturated rings. The van der Waals surface area contributed by atoms with Gasteiger partial charge in [0, 0.05) is 37.5 Å². The standard InChI is InChI=1S/C20H30N2O3/c1-14-13-18(7-8-20(14)25-19-9-11-24-12-10-19)22-17-5-3-16(4-6-17)21-15(2)23/h7-8,13,16-17,19,22H,3-6,9-12H2,1-2H3,(H,21,23). The van der Waals surface area contributed by atoms with Crippen LogP contribution in [0.3, 0.4) is 0 Å². The molecule has 1 aliphatic carbocycles. The van der Waals surface area contributed by atoms with Crippen LogP contribution in [0.4, 0.5) is 5.69 Å². The van der Waals surface area contributed by atoms with Crippen LogP contribution in [0.25, 0.3) is 0 Å². The Morgan fingerprint density at radius 3 is 2.40 bits per heavy atom. The SMILES string of the molecule is CC(=O)NC1CCC(Nc2ccc(OC3CCOCC3)c(C)c2)CC1. The molecule has 1 amide bonds. The van der Waals surface area contributed by atoms with Crippen molar-refractivity contribution < 1.29 is 14.3 Å². The molecule has 2 aliphatic rings. The van der Waals surface area contributed by atoms with E-state index in [1.54, 1.807) is 6.92 Å². The maximum absolute atomic E-state index is 11.2. The van der Waals surface area contributed by atoms with Crippen LogP contribution in [0.5, 0.6) is 5.75 Å². The summed E-state index contributed by atoms with van der Waals surface area (Å²) >= 11 is 0. The Kier molecular flexibility index (Phi) is 6.19. The highest BCUT2D eigenvalue weighted by molar-refractivity contribution is 5.73. The Bertz CT molecular complexity index is 576. The summed E-state index contributed by atoms with van der Waals surface area (Å²) in [7, 11) is 0. The van der Waals surface area contributed by atoms with Gasteiger partial charge in [-0.15, -0.1) is 0 Å². The molecule has 1 aliphatic heterocycles. The van der Waals surface area contributed by atoms with Gasteiger partial charge in [0.15, 0.2) is 0 Å². The number of amides is 1. The van der Waals surface area contributed by atoms with E-state index in [0.717, 1.165) is 63.2 Å². The highest BCUT2D eigenvalue weighted by Crippen LogP contribution is 2.27. The van der Waals surface area contributed by atoms with Crippen LogP contribution in [0.2, 0.25) is 0 Å². The van der Waals surface area contributed by atoms with Gasteiger partial charge in [-0.25, -0.2) is 0 Å². The number of aryl methyl sites for hydroxylation is 1. The minimum Gasteiger partial charge on any atom is -0.490 e. The molecule has 0 spiro atoms. The monoisotopic (exact) mass is 346 g/mol. The van der Waals surface area contributed by atoms with Crippen molar-refractivity contribution in [2.24, 2.45) is 0 Å². The third-order valence-corrected chi connectivity index (χ3v) is 5.14. The second-order valence-corrected chi connectivity index (χ2v) is 7.30. The highest BCUT2D eigenvalue weighted by atomic mass is 16.5. The summed E-state index contributed by atoms with van der Waals surface area (Å²) < 4.78 is 11.5. The largest absolute Gasteiger partial charge is 0.490 e. The van der Waals surface area contributed by atoms with Crippen molar-refractivity contribution in [1.29, 1.82) is 0 Å². The molecule has 2 N–H and O–H groups in total. The molecule has 1 aromatic carbocycles. The lowest BCUT2D eigenvalue weighted by Gasteiger charge is -2.30. The minimum absolute atomic E-state index is 0.0761. The van der Waals surface area contributed by atoms with Crippen LogP contribution in [0.15, 0.2) is 18.2 Å². The predicted octanol–water partition coefficient (Wildman–Crippen LogP) is 3.41. The van der Waals surface area contributed by atoms with Crippen LogP contribution in [-0.4, -0.2) is 37.3 Å². The van der Waals surface area contributed by atoms with Crippen molar-refractivity contribution in [1.82, 2.24) is 5.32 Å². The van der Waals surface area contributed by atoms with E-state index in [4.69, 9.17) is 9.47 Å². The molecule has 0 bridgehead atoms. The number of benzene rings is 1. The molecular weight excluding hydrogens is 316 g/mol. The zero-order chi connectivity index (χ0) is 17.6. The van der Waals surface area contributed by atoms with Gasteiger partial charge in [0.05, 0.1) is 13.2 Å². The number of ether oxygens (including phenoxy) is 2. The Morgan fingerprint density at radius 1 is 1.08 bits per heavy atom. The van der Waals surface area contributed by atoms with E-state index < -0.39 is 0 Å². The number of rotatable bonds is 5. The van der Waals surface area contributed by atoms with Crippen molar-refractivity contribution in [3.63, 3.8) is 0 Å². The van der Waals surface area contributed by atoms with Crippen molar-refractivity contribution in [2.45, 2.75) is 70.6 Å². The summed E-state index contributed by atoms with van der Waals surface area (Å²) in [5.41, 5.74) is 2.32. The van der Waals surface area contributed by atoms with Crippen molar-refractivity contribution in [3.8, 4) is 5.75 Å². The molecule has 0 radical (unpaired) electrons. The van der Waals surface area contributed by atoms with Crippen molar-refractivity contribution in [2.75, 3.05) is 18.5 Å². The van der Waals surface area contributed by atoms with Gasteiger partial charge in [-0.05, 0) is 56.4 Å². The maximum Gasteiger partial charge on any atom is 0.217 e. The van der Waals surface area contributed by atoms with Crippen molar-refractivity contribution >= 4 is 11.6 Å². The van der Waals surface area contributed by atoms with E-state index in [0.29, 0.717) is 12.1 Å². The molecule has 0 aromatic heterocycles. The summed E-state index contributed by atoms with van der Waals surface area (Å²) in [6, 6.07) is 7.19. The zero-order valence-electron chi connectivity index (χ0n) is 15.3. The van der Waals surface area contributed by atoms with E-state index in [1.807, 2.05) is 0 Å². The molecular formula is C20H30N2O3. The van der Waals surface area contributed by atoms with Gasteiger partial charge in [-0.1, -0.05) is 0 Å². The molecule has 1 heterocycles. The normalized spacial score (nSPS) is 24.6. The Labute approximate surface area is 150 Å². The van der Waals surface area contributed by atoms with Crippen LogP contribution >= 0.6 is 0 Å². The Hall–Kier alpha value is -1.75. The quantitative estimate of drug-likeness (QED) is 0.858.